The summed E-state index contributed by atoms with van der Waals surface area (Å²) in [4.78, 5) is 0.835. The predicted molar refractivity (Wildman–Crippen MR) is 64.3 cm³/mol. The topological polar surface area (TPSA) is 23.8 Å². The molecule has 0 N–H and O–H groups in total. The van der Waals surface area contributed by atoms with E-state index in [9.17, 15) is 14.0 Å². The number of nitriles is 1. The zero-order valence-corrected chi connectivity index (χ0v) is 10.1. The van der Waals surface area contributed by atoms with Gasteiger partial charge in [-0.15, -0.1) is 11.8 Å². The normalized spacial score (nSPS) is 17.5. The van der Waals surface area contributed by atoms with Gasteiger partial charge in [-0.2, -0.15) is 5.26 Å². The van der Waals surface area contributed by atoms with E-state index in [1.54, 1.807) is 0 Å². The molecule has 1 aromatic carbocycles. The van der Waals surface area contributed by atoms with Crippen LogP contribution < -0.4 is 0 Å². The molecular weight excluding hydrogens is 240 g/mol. The Balaban J connectivity index is 2.06. The number of hydrogen-bond donors (Lipinski definition) is 0. The van der Waals surface area contributed by atoms with Gasteiger partial charge in [0, 0.05) is 4.90 Å². The Kier molecular flexibility index (Phi) is 3.68. The Morgan fingerprint density at radius 3 is 2.35 bits per heavy atom. The fourth-order valence-electron chi connectivity index (χ4n) is 2.02. The van der Waals surface area contributed by atoms with Crippen LogP contribution in [-0.2, 0) is 5.41 Å². The largest absolute Gasteiger partial charge is 0.247 e. The fraction of sp³-hybridized carbons (Fsp3) is 0.462. The van der Waals surface area contributed by atoms with E-state index in [1.165, 1.54) is 0 Å². The molecule has 0 unspecified atom stereocenters. The zero-order valence-electron chi connectivity index (χ0n) is 9.33. The molecule has 1 saturated carbocycles. The lowest BCUT2D eigenvalue weighted by atomic mass is 9.66. The molecule has 1 fully saturated rings. The second kappa shape index (κ2) is 5.05. The van der Waals surface area contributed by atoms with Gasteiger partial charge in [0.2, 0.25) is 6.43 Å². The van der Waals surface area contributed by atoms with Crippen molar-refractivity contribution in [3.05, 3.63) is 29.8 Å². The Bertz CT molecular complexity index is 418. The van der Waals surface area contributed by atoms with Crippen LogP contribution in [-0.4, -0.2) is 12.2 Å². The molecular formula is C13H13F2NS. The molecule has 2 rings (SSSR count). The van der Waals surface area contributed by atoms with Gasteiger partial charge in [-0.1, -0.05) is 12.1 Å². The molecule has 90 valence electrons. The first-order valence-corrected chi connectivity index (χ1v) is 6.58. The second-order valence-corrected chi connectivity index (χ2v) is 5.37. The maximum atomic E-state index is 12.0. The first kappa shape index (κ1) is 12.4. The quantitative estimate of drug-likeness (QED) is 0.757. The smallest absolute Gasteiger partial charge is 0.210 e. The summed E-state index contributed by atoms with van der Waals surface area (Å²) in [6.07, 6.45) is 0.631. The number of benzene rings is 1. The average molecular weight is 253 g/mol. The van der Waals surface area contributed by atoms with Crippen molar-refractivity contribution in [1.29, 1.82) is 5.26 Å². The lowest BCUT2D eigenvalue weighted by molar-refractivity contribution is 0.177. The van der Waals surface area contributed by atoms with Gasteiger partial charge in [-0.3, -0.25) is 0 Å². The molecule has 1 aliphatic carbocycles. The Morgan fingerprint density at radius 2 is 1.94 bits per heavy atom. The highest BCUT2D eigenvalue weighted by atomic mass is 32.2. The summed E-state index contributed by atoms with van der Waals surface area (Å²) in [6, 6.07) is 9.84. The molecule has 17 heavy (non-hydrogen) atoms. The maximum Gasteiger partial charge on any atom is 0.247 e. The molecule has 0 aliphatic heterocycles. The Labute approximate surface area is 104 Å². The summed E-state index contributed by atoms with van der Waals surface area (Å²) in [5, 5.41) is 9.18. The van der Waals surface area contributed by atoms with E-state index in [4.69, 9.17) is 0 Å². The number of hydrogen-bond acceptors (Lipinski definition) is 2. The molecule has 0 spiro atoms. The SMILES string of the molecule is N#CC1(c2ccc(SCC(F)F)cc2)CCC1. The van der Waals surface area contributed by atoms with Crippen molar-refractivity contribution >= 4 is 11.8 Å². The molecule has 1 aliphatic rings. The van der Waals surface area contributed by atoms with Crippen molar-refractivity contribution in [1.82, 2.24) is 0 Å². The van der Waals surface area contributed by atoms with Gasteiger partial charge in [0.15, 0.2) is 0 Å². The van der Waals surface area contributed by atoms with Crippen LogP contribution in [0.2, 0.25) is 0 Å². The standard InChI is InChI=1S/C13H13F2NS/c14-12(15)8-17-11-4-2-10(3-5-11)13(9-16)6-1-7-13/h2-5,12H,1,6-8H2. The van der Waals surface area contributed by atoms with Gasteiger partial charge >= 0.3 is 0 Å². The third-order valence-corrected chi connectivity index (χ3v) is 4.23. The van der Waals surface area contributed by atoms with Crippen LogP contribution in [0.1, 0.15) is 24.8 Å². The first-order valence-electron chi connectivity index (χ1n) is 5.59. The van der Waals surface area contributed by atoms with Crippen molar-refractivity contribution in [2.24, 2.45) is 0 Å². The van der Waals surface area contributed by atoms with E-state index >= 15 is 0 Å². The molecule has 0 bridgehead atoms. The van der Waals surface area contributed by atoms with E-state index in [0.717, 1.165) is 41.5 Å². The molecule has 0 amide bonds. The third-order valence-electron chi connectivity index (χ3n) is 3.20. The van der Waals surface area contributed by atoms with Gasteiger partial charge in [0.1, 0.15) is 0 Å². The van der Waals surface area contributed by atoms with Gasteiger partial charge in [0.25, 0.3) is 0 Å². The van der Waals surface area contributed by atoms with Gasteiger partial charge < -0.3 is 0 Å². The van der Waals surface area contributed by atoms with E-state index in [1.807, 2.05) is 24.3 Å². The summed E-state index contributed by atoms with van der Waals surface area (Å²) in [7, 11) is 0. The van der Waals surface area contributed by atoms with Crippen molar-refractivity contribution in [2.75, 3.05) is 5.75 Å². The van der Waals surface area contributed by atoms with Crippen LogP contribution in [0.15, 0.2) is 29.2 Å². The van der Waals surface area contributed by atoms with E-state index < -0.39 is 6.43 Å². The molecule has 4 heteroatoms. The van der Waals surface area contributed by atoms with Gasteiger partial charge in [0.05, 0.1) is 17.2 Å². The van der Waals surface area contributed by atoms with Crippen LogP contribution in [0.5, 0.6) is 0 Å². The second-order valence-electron chi connectivity index (χ2n) is 4.27. The highest BCUT2D eigenvalue weighted by Gasteiger charge is 2.38. The average Bonchev–Trinajstić information content (AvgIpc) is 2.27. The number of rotatable bonds is 4. The highest BCUT2D eigenvalue weighted by molar-refractivity contribution is 7.99. The number of nitrogens with zero attached hydrogens (tertiary/aromatic N) is 1. The molecule has 1 nitrogen and oxygen atoms in total. The van der Waals surface area contributed by atoms with Crippen LogP contribution >= 0.6 is 11.8 Å². The van der Waals surface area contributed by atoms with Crippen LogP contribution in [0.25, 0.3) is 0 Å². The molecule has 1 aromatic rings. The lowest BCUT2D eigenvalue weighted by Crippen LogP contribution is -2.32. The fourth-order valence-corrected chi connectivity index (χ4v) is 2.67. The molecule has 0 saturated heterocycles. The monoisotopic (exact) mass is 253 g/mol. The number of thioether (sulfide) groups is 1. The summed E-state index contributed by atoms with van der Waals surface area (Å²) >= 11 is 1.15. The summed E-state index contributed by atoms with van der Waals surface area (Å²) in [5.74, 6) is -0.178. The van der Waals surface area contributed by atoms with E-state index in [2.05, 4.69) is 6.07 Å². The van der Waals surface area contributed by atoms with Crippen LogP contribution in [0.4, 0.5) is 8.78 Å². The highest BCUT2D eigenvalue weighted by Crippen LogP contribution is 2.43. The van der Waals surface area contributed by atoms with Crippen LogP contribution in [0, 0.1) is 11.3 Å². The Morgan fingerprint density at radius 1 is 1.29 bits per heavy atom. The molecule has 0 atom stereocenters. The Hall–Kier alpha value is -1.08. The van der Waals surface area contributed by atoms with Crippen molar-refractivity contribution in [3.8, 4) is 6.07 Å². The summed E-state index contributed by atoms with van der Waals surface area (Å²) in [5.41, 5.74) is 0.707. The van der Waals surface area contributed by atoms with Crippen LogP contribution in [0.3, 0.4) is 0 Å². The minimum absolute atomic E-state index is 0.178. The van der Waals surface area contributed by atoms with Gasteiger partial charge in [-0.25, -0.2) is 8.78 Å². The zero-order chi connectivity index (χ0) is 12.3. The predicted octanol–water partition coefficient (Wildman–Crippen LogP) is 3.99. The third kappa shape index (κ3) is 2.61. The summed E-state index contributed by atoms with van der Waals surface area (Å²) < 4.78 is 24.1. The summed E-state index contributed by atoms with van der Waals surface area (Å²) in [6.45, 7) is 0. The maximum absolute atomic E-state index is 12.0. The molecule has 0 radical (unpaired) electrons. The van der Waals surface area contributed by atoms with Crippen molar-refractivity contribution < 1.29 is 8.78 Å². The minimum Gasteiger partial charge on any atom is -0.210 e. The number of halogens is 2. The van der Waals surface area contributed by atoms with E-state index in [-0.39, 0.29) is 11.2 Å². The van der Waals surface area contributed by atoms with Crippen molar-refractivity contribution in [3.63, 3.8) is 0 Å². The first-order chi connectivity index (χ1) is 8.16. The van der Waals surface area contributed by atoms with Gasteiger partial charge in [-0.05, 0) is 37.0 Å². The van der Waals surface area contributed by atoms with Crippen molar-refractivity contribution in [2.45, 2.75) is 36.0 Å². The molecule has 0 heterocycles. The van der Waals surface area contributed by atoms with E-state index in [0.29, 0.717) is 0 Å². The molecule has 0 aromatic heterocycles. The lowest BCUT2D eigenvalue weighted by Gasteiger charge is -2.35. The number of alkyl halides is 2. The minimum atomic E-state index is -2.28.